The van der Waals surface area contributed by atoms with Crippen molar-refractivity contribution in [2.24, 2.45) is 0 Å². The second kappa shape index (κ2) is 4.47. The van der Waals surface area contributed by atoms with Gasteiger partial charge < -0.3 is 5.73 Å². The highest BCUT2D eigenvalue weighted by Crippen LogP contribution is 2.25. The van der Waals surface area contributed by atoms with Crippen LogP contribution >= 0.6 is 11.3 Å². The minimum absolute atomic E-state index is 0.258. The first-order valence-corrected chi connectivity index (χ1v) is 6.55. The van der Waals surface area contributed by atoms with E-state index in [-0.39, 0.29) is 5.82 Å². The van der Waals surface area contributed by atoms with E-state index in [9.17, 15) is 4.39 Å². The summed E-state index contributed by atoms with van der Waals surface area (Å²) in [5.41, 5.74) is 8.35. The Bertz CT molecular complexity index is 715. The lowest BCUT2D eigenvalue weighted by molar-refractivity contribution is 0.628. The van der Waals surface area contributed by atoms with E-state index in [2.05, 4.69) is 10.1 Å². The molecule has 0 radical (unpaired) electrons. The minimum Gasteiger partial charge on any atom is -0.383 e. The highest BCUT2D eigenvalue weighted by atomic mass is 32.1. The monoisotopic (exact) mass is 274 g/mol. The van der Waals surface area contributed by atoms with Crippen LogP contribution in [0.1, 0.15) is 5.69 Å². The summed E-state index contributed by atoms with van der Waals surface area (Å²) >= 11 is 1.44. The third kappa shape index (κ3) is 2.22. The number of anilines is 1. The first-order chi connectivity index (χ1) is 9.13. The Morgan fingerprint density at radius 3 is 2.63 bits per heavy atom. The van der Waals surface area contributed by atoms with E-state index >= 15 is 0 Å². The lowest BCUT2D eigenvalue weighted by atomic mass is 10.2. The summed E-state index contributed by atoms with van der Waals surface area (Å²) in [5.74, 6) is 0.295. The number of nitrogen functional groups attached to an aromatic ring is 1. The maximum atomic E-state index is 12.9. The van der Waals surface area contributed by atoms with Gasteiger partial charge in [-0.3, -0.25) is 0 Å². The maximum Gasteiger partial charge on any atom is 0.212 e. The Morgan fingerprint density at radius 2 is 2.00 bits per heavy atom. The smallest absolute Gasteiger partial charge is 0.212 e. The number of aromatic nitrogens is 3. The van der Waals surface area contributed by atoms with Crippen molar-refractivity contribution < 1.29 is 4.39 Å². The molecule has 3 rings (SSSR count). The molecule has 1 aromatic carbocycles. The molecule has 3 aromatic rings. The van der Waals surface area contributed by atoms with E-state index in [1.54, 1.807) is 22.9 Å². The molecule has 2 aromatic heterocycles. The van der Waals surface area contributed by atoms with Gasteiger partial charge in [0.15, 0.2) is 0 Å². The molecule has 0 aliphatic rings. The molecule has 0 bridgehead atoms. The van der Waals surface area contributed by atoms with Crippen LogP contribution in [0.5, 0.6) is 0 Å². The van der Waals surface area contributed by atoms with Crippen LogP contribution in [0.2, 0.25) is 0 Å². The molecule has 6 heteroatoms. The largest absolute Gasteiger partial charge is 0.383 e. The second-order valence-corrected chi connectivity index (χ2v) is 4.98. The maximum absolute atomic E-state index is 12.9. The average molecular weight is 274 g/mol. The lowest BCUT2D eigenvalue weighted by Gasteiger charge is -1.98. The molecule has 0 fully saturated rings. The van der Waals surface area contributed by atoms with E-state index in [1.165, 1.54) is 23.5 Å². The second-order valence-electron chi connectivity index (χ2n) is 4.14. The SMILES string of the molecule is Cc1cc(N)n(-c2nc(-c3ccc(F)cc3)cs2)n1. The predicted molar refractivity (Wildman–Crippen MR) is 73.8 cm³/mol. The molecular weight excluding hydrogens is 263 g/mol. The van der Waals surface area contributed by atoms with Gasteiger partial charge in [0.25, 0.3) is 0 Å². The quantitative estimate of drug-likeness (QED) is 0.781. The molecule has 4 nitrogen and oxygen atoms in total. The highest BCUT2D eigenvalue weighted by Gasteiger charge is 2.10. The number of hydrogen-bond acceptors (Lipinski definition) is 4. The Morgan fingerprint density at radius 1 is 1.26 bits per heavy atom. The molecule has 0 amide bonds. The molecule has 19 heavy (non-hydrogen) atoms. The van der Waals surface area contributed by atoms with Crippen molar-refractivity contribution in [3.8, 4) is 16.4 Å². The fraction of sp³-hybridized carbons (Fsp3) is 0.0769. The molecule has 0 atom stereocenters. The normalized spacial score (nSPS) is 10.8. The number of nitrogens with zero attached hydrogens (tertiary/aromatic N) is 3. The van der Waals surface area contributed by atoms with Crippen molar-refractivity contribution in [2.45, 2.75) is 6.92 Å². The van der Waals surface area contributed by atoms with Crippen LogP contribution in [0.15, 0.2) is 35.7 Å². The number of thiazole rings is 1. The van der Waals surface area contributed by atoms with Crippen LogP contribution in [0, 0.1) is 12.7 Å². The summed E-state index contributed by atoms with van der Waals surface area (Å²) in [6.45, 7) is 1.88. The Labute approximate surface area is 113 Å². The summed E-state index contributed by atoms with van der Waals surface area (Å²) in [6.07, 6.45) is 0. The number of halogens is 1. The van der Waals surface area contributed by atoms with Gasteiger partial charge >= 0.3 is 0 Å². The molecule has 2 heterocycles. The minimum atomic E-state index is -0.258. The van der Waals surface area contributed by atoms with E-state index in [0.717, 1.165) is 17.0 Å². The zero-order valence-electron chi connectivity index (χ0n) is 10.2. The first kappa shape index (κ1) is 11.9. The summed E-state index contributed by atoms with van der Waals surface area (Å²) in [6, 6.07) is 8.03. The highest BCUT2D eigenvalue weighted by molar-refractivity contribution is 7.12. The van der Waals surface area contributed by atoms with Crippen molar-refractivity contribution in [1.82, 2.24) is 14.8 Å². The van der Waals surface area contributed by atoms with E-state index in [4.69, 9.17) is 5.73 Å². The zero-order chi connectivity index (χ0) is 13.4. The van der Waals surface area contributed by atoms with E-state index < -0.39 is 0 Å². The van der Waals surface area contributed by atoms with Crippen molar-refractivity contribution in [3.05, 3.63) is 47.2 Å². The number of hydrogen-bond donors (Lipinski definition) is 1. The van der Waals surface area contributed by atoms with Crippen LogP contribution in [-0.2, 0) is 0 Å². The van der Waals surface area contributed by atoms with E-state index in [0.29, 0.717) is 10.9 Å². The van der Waals surface area contributed by atoms with Crippen molar-refractivity contribution in [3.63, 3.8) is 0 Å². The van der Waals surface area contributed by atoms with Gasteiger partial charge in [-0.05, 0) is 31.2 Å². The van der Waals surface area contributed by atoms with Crippen LogP contribution in [0.4, 0.5) is 10.2 Å². The molecule has 0 saturated heterocycles. The fourth-order valence-electron chi connectivity index (χ4n) is 1.79. The Balaban J connectivity index is 1.99. The molecule has 0 spiro atoms. The number of rotatable bonds is 2. The molecule has 0 unspecified atom stereocenters. The molecule has 0 aliphatic carbocycles. The van der Waals surface area contributed by atoms with Crippen molar-refractivity contribution in [2.75, 3.05) is 5.73 Å². The Hall–Kier alpha value is -2.21. The molecule has 2 N–H and O–H groups in total. The molecule has 0 aliphatic heterocycles. The van der Waals surface area contributed by atoms with Crippen LogP contribution < -0.4 is 5.73 Å². The molecular formula is C13H11FN4S. The standard InChI is InChI=1S/C13H11FN4S/c1-8-6-12(15)18(17-8)13-16-11(7-19-13)9-2-4-10(14)5-3-9/h2-7H,15H2,1H3. The summed E-state index contributed by atoms with van der Waals surface area (Å²) in [7, 11) is 0. The van der Waals surface area contributed by atoms with Gasteiger partial charge in [-0.15, -0.1) is 11.3 Å². The third-order valence-electron chi connectivity index (χ3n) is 2.67. The summed E-state index contributed by atoms with van der Waals surface area (Å²) in [5, 5.41) is 6.88. The summed E-state index contributed by atoms with van der Waals surface area (Å²) < 4.78 is 14.5. The van der Waals surface area contributed by atoms with Gasteiger partial charge in [0.05, 0.1) is 11.4 Å². The zero-order valence-corrected chi connectivity index (χ0v) is 11.0. The average Bonchev–Trinajstić information content (AvgIpc) is 2.97. The van der Waals surface area contributed by atoms with Gasteiger partial charge in [-0.1, -0.05) is 0 Å². The molecule has 96 valence electrons. The third-order valence-corrected chi connectivity index (χ3v) is 3.49. The lowest BCUT2D eigenvalue weighted by Crippen LogP contribution is -2.01. The number of aryl methyl sites for hydroxylation is 1. The Kier molecular flexibility index (Phi) is 2.79. The van der Waals surface area contributed by atoms with Gasteiger partial charge in [-0.25, -0.2) is 9.37 Å². The fourth-order valence-corrected chi connectivity index (χ4v) is 2.59. The van der Waals surface area contributed by atoms with Crippen molar-refractivity contribution >= 4 is 17.2 Å². The predicted octanol–water partition coefficient (Wildman–Crippen LogP) is 3.03. The van der Waals surface area contributed by atoms with Crippen LogP contribution in [0.25, 0.3) is 16.4 Å². The van der Waals surface area contributed by atoms with Crippen molar-refractivity contribution in [1.29, 1.82) is 0 Å². The van der Waals surface area contributed by atoms with Gasteiger partial charge in [0.2, 0.25) is 5.13 Å². The van der Waals surface area contributed by atoms with Gasteiger partial charge in [0.1, 0.15) is 11.6 Å². The van der Waals surface area contributed by atoms with Crippen LogP contribution in [-0.4, -0.2) is 14.8 Å². The number of benzene rings is 1. The van der Waals surface area contributed by atoms with Crippen LogP contribution in [0.3, 0.4) is 0 Å². The summed E-state index contributed by atoms with van der Waals surface area (Å²) in [4.78, 5) is 4.47. The van der Waals surface area contributed by atoms with Gasteiger partial charge in [-0.2, -0.15) is 9.78 Å². The van der Waals surface area contributed by atoms with Gasteiger partial charge in [0, 0.05) is 17.0 Å². The first-order valence-electron chi connectivity index (χ1n) is 5.67. The molecule has 0 saturated carbocycles. The van der Waals surface area contributed by atoms with E-state index in [1.807, 2.05) is 12.3 Å². The number of nitrogens with two attached hydrogens (primary N) is 1. The topological polar surface area (TPSA) is 56.7 Å².